The van der Waals surface area contributed by atoms with E-state index in [0.717, 1.165) is 0 Å². The monoisotopic (exact) mass is 584 g/mol. The van der Waals surface area contributed by atoms with E-state index in [4.69, 9.17) is 0 Å². The van der Waals surface area contributed by atoms with Gasteiger partial charge >= 0.3 is 0 Å². The van der Waals surface area contributed by atoms with E-state index in [0.29, 0.717) is 27.9 Å². The summed E-state index contributed by atoms with van der Waals surface area (Å²) in [5.74, 6) is -0.529. The molecular weight excluding hydrogens is 564 g/mol. The van der Waals surface area contributed by atoms with Gasteiger partial charge in [0.1, 0.15) is 5.52 Å². The van der Waals surface area contributed by atoms with Crippen LogP contribution in [0.1, 0.15) is 27.2 Å². The number of para-hydroxylation sites is 1. The van der Waals surface area contributed by atoms with Crippen molar-refractivity contribution in [3.8, 4) is 11.1 Å². The highest BCUT2D eigenvalue weighted by Gasteiger charge is 2.23. The van der Waals surface area contributed by atoms with Crippen LogP contribution in [0.15, 0.2) is 114 Å². The zero-order valence-corrected chi connectivity index (χ0v) is 22.7. The molecule has 0 aliphatic rings. The fourth-order valence-electron chi connectivity index (χ4n) is 4.80. The first kappa shape index (κ1) is 27.6. The average Bonchev–Trinajstić information content (AvgIpc) is 3.47. The molecule has 1 N–H and O–H groups in total. The molecule has 6 rings (SSSR count). The number of nitro benzene ring substituents is 2. The lowest BCUT2D eigenvalue weighted by Crippen LogP contribution is -2.22. The number of benzene rings is 4. The molecule has 214 valence electrons. The van der Waals surface area contributed by atoms with E-state index in [1.165, 1.54) is 41.1 Å². The molecule has 6 aromatic rings. The molecule has 0 spiro atoms. The molecule has 0 aliphatic heterocycles. The first-order chi connectivity index (χ1) is 21.3. The normalized spacial score (nSPS) is 11.4. The van der Waals surface area contributed by atoms with Gasteiger partial charge < -0.3 is 4.98 Å². The number of carbonyl (C=O) groups excluding carboxylic acids is 1. The second kappa shape index (κ2) is 11.4. The van der Waals surface area contributed by atoms with Gasteiger partial charge in [0.2, 0.25) is 0 Å². The highest BCUT2D eigenvalue weighted by molar-refractivity contribution is 6.12. The number of ketones is 1. The number of carbonyl (C=O) groups is 1. The molecule has 44 heavy (non-hydrogen) atoms. The molecule has 0 saturated carbocycles. The van der Waals surface area contributed by atoms with Crippen LogP contribution in [0.3, 0.4) is 0 Å². The van der Waals surface area contributed by atoms with E-state index >= 15 is 0 Å². The van der Waals surface area contributed by atoms with E-state index in [-0.39, 0.29) is 33.8 Å². The minimum absolute atomic E-state index is 0.0902. The first-order valence-corrected chi connectivity index (χ1v) is 13.2. The third-order valence-corrected chi connectivity index (χ3v) is 6.95. The van der Waals surface area contributed by atoms with Gasteiger partial charge in [-0.25, -0.2) is 4.68 Å². The number of fused-ring (bicyclic) bond motifs is 1. The number of nitrogens with one attached hydrogen (secondary N) is 1. The molecule has 0 saturated heterocycles. The summed E-state index contributed by atoms with van der Waals surface area (Å²) in [5, 5.41) is 31.1. The van der Waals surface area contributed by atoms with Crippen LogP contribution in [0.25, 0.3) is 33.9 Å². The van der Waals surface area contributed by atoms with Gasteiger partial charge in [-0.15, -0.1) is 5.10 Å². The molecule has 0 unspecified atom stereocenters. The SMILES string of the molecule is O=C(c1ccccc1)c1c(-c2ccc([N+](=O)[O-])cc2)cc(/C(=C/c2ccc([N+](=O)[O-])cc2)n2nnc3ccccc32)[nH]c1=O. The maximum Gasteiger partial charge on any atom is 0.269 e. The van der Waals surface area contributed by atoms with E-state index in [2.05, 4.69) is 15.3 Å². The Labute approximate surface area is 247 Å². The highest BCUT2D eigenvalue weighted by atomic mass is 16.6. The standard InChI is InChI=1S/C32H20N6O6/c39-31(22-6-2-1-3-7-22)30-25(21-12-16-24(17-13-21)38(43)44)19-27(33-32(30)40)29(18-20-10-14-23(15-11-20)37(41)42)36-28-9-5-4-8-26(28)34-35-36/h1-19H,(H,33,40)/b29-18-. The van der Waals surface area contributed by atoms with Crippen molar-refractivity contribution in [2.75, 3.05) is 0 Å². The van der Waals surface area contributed by atoms with Gasteiger partial charge in [-0.1, -0.05) is 47.7 Å². The van der Waals surface area contributed by atoms with Crippen LogP contribution in [0, 0.1) is 20.2 Å². The lowest BCUT2D eigenvalue weighted by molar-refractivity contribution is -0.385. The molecule has 0 radical (unpaired) electrons. The van der Waals surface area contributed by atoms with E-state index in [1.54, 1.807) is 78.9 Å². The summed E-state index contributed by atoms with van der Waals surface area (Å²) in [6.07, 6.45) is 1.68. The van der Waals surface area contributed by atoms with Gasteiger partial charge in [0.25, 0.3) is 16.9 Å². The maximum atomic E-state index is 13.8. The van der Waals surface area contributed by atoms with Crippen LogP contribution in [-0.4, -0.2) is 35.6 Å². The Bertz CT molecular complexity index is 2150. The Morgan fingerprint density at radius 3 is 2.07 bits per heavy atom. The van der Waals surface area contributed by atoms with Crippen LogP contribution in [-0.2, 0) is 0 Å². The molecular formula is C32H20N6O6. The second-order valence-corrected chi connectivity index (χ2v) is 9.67. The molecule has 0 atom stereocenters. The Morgan fingerprint density at radius 1 is 0.795 bits per heavy atom. The number of hydrogen-bond acceptors (Lipinski definition) is 8. The van der Waals surface area contributed by atoms with Crippen molar-refractivity contribution in [1.29, 1.82) is 0 Å². The van der Waals surface area contributed by atoms with Gasteiger partial charge in [0, 0.05) is 35.4 Å². The van der Waals surface area contributed by atoms with Gasteiger partial charge in [-0.3, -0.25) is 29.8 Å². The number of hydrogen-bond donors (Lipinski definition) is 1. The summed E-state index contributed by atoms with van der Waals surface area (Å²) in [6.45, 7) is 0. The van der Waals surface area contributed by atoms with Crippen LogP contribution in [0.2, 0.25) is 0 Å². The number of aromatic nitrogens is 4. The fourth-order valence-corrected chi connectivity index (χ4v) is 4.80. The summed E-state index contributed by atoms with van der Waals surface area (Å²) >= 11 is 0. The quantitative estimate of drug-likeness (QED) is 0.131. The topological polar surface area (TPSA) is 167 Å². The van der Waals surface area contributed by atoms with Crippen LogP contribution in [0.5, 0.6) is 0 Å². The minimum atomic E-state index is -0.691. The number of rotatable bonds is 8. The molecule has 0 amide bonds. The summed E-state index contributed by atoms with van der Waals surface area (Å²) < 4.78 is 1.51. The largest absolute Gasteiger partial charge is 0.320 e. The Balaban J connectivity index is 1.61. The molecule has 12 heteroatoms. The first-order valence-electron chi connectivity index (χ1n) is 13.2. The zero-order chi connectivity index (χ0) is 30.8. The molecule has 0 bridgehead atoms. The van der Waals surface area contributed by atoms with Crippen molar-refractivity contribution in [2.24, 2.45) is 0 Å². The number of pyridine rings is 1. The Hall–Kier alpha value is -6.56. The Kier molecular flexibility index (Phi) is 7.13. The average molecular weight is 585 g/mol. The van der Waals surface area contributed by atoms with Crippen LogP contribution < -0.4 is 5.56 Å². The highest BCUT2D eigenvalue weighted by Crippen LogP contribution is 2.30. The lowest BCUT2D eigenvalue weighted by atomic mass is 9.94. The maximum absolute atomic E-state index is 13.8. The van der Waals surface area contributed by atoms with Crippen LogP contribution >= 0.6 is 0 Å². The van der Waals surface area contributed by atoms with Crippen LogP contribution in [0.4, 0.5) is 11.4 Å². The number of nitro groups is 2. The van der Waals surface area contributed by atoms with Crippen molar-refractivity contribution in [3.63, 3.8) is 0 Å². The minimum Gasteiger partial charge on any atom is -0.320 e. The molecule has 2 heterocycles. The third-order valence-electron chi connectivity index (χ3n) is 6.95. The number of H-pyrrole nitrogens is 1. The van der Waals surface area contributed by atoms with E-state index in [9.17, 15) is 29.8 Å². The smallest absolute Gasteiger partial charge is 0.269 e. The molecule has 0 fully saturated rings. The van der Waals surface area contributed by atoms with Gasteiger partial charge in [-0.2, -0.15) is 0 Å². The predicted molar refractivity (Wildman–Crippen MR) is 163 cm³/mol. The fraction of sp³-hybridized carbons (Fsp3) is 0. The van der Waals surface area contributed by atoms with Crippen molar-refractivity contribution in [3.05, 3.63) is 162 Å². The molecule has 0 aliphatic carbocycles. The van der Waals surface area contributed by atoms with Crippen molar-refractivity contribution >= 4 is 40.0 Å². The summed E-state index contributed by atoms with van der Waals surface area (Å²) in [4.78, 5) is 51.8. The Morgan fingerprint density at radius 2 is 1.41 bits per heavy atom. The predicted octanol–water partition coefficient (Wildman–Crippen LogP) is 5.88. The molecule has 2 aromatic heterocycles. The van der Waals surface area contributed by atoms with Gasteiger partial charge in [0.05, 0.1) is 32.3 Å². The van der Waals surface area contributed by atoms with Crippen molar-refractivity contribution in [2.45, 2.75) is 0 Å². The van der Waals surface area contributed by atoms with Crippen molar-refractivity contribution < 1.29 is 14.6 Å². The van der Waals surface area contributed by atoms with Crippen molar-refractivity contribution in [1.82, 2.24) is 20.0 Å². The summed E-state index contributed by atoms with van der Waals surface area (Å²) in [5.41, 5.74) is 2.22. The molecule has 12 nitrogen and oxygen atoms in total. The summed E-state index contributed by atoms with van der Waals surface area (Å²) in [7, 11) is 0. The zero-order valence-electron chi connectivity index (χ0n) is 22.7. The molecule has 4 aromatic carbocycles. The van der Waals surface area contributed by atoms with E-state index in [1.807, 2.05) is 0 Å². The third kappa shape index (κ3) is 5.25. The lowest BCUT2D eigenvalue weighted by Gasteiger charge is -2.14. The van der Waals surface area contributed by atoms with E-state index < -0.39 is 21.2 Å². The van der Waals surface area contributed by atoms with Gasteiger partial charge in [0.15, 0.2) is 5.78 Å². The number of nitrogens with zero attached hydrogens (tertiary/aromatic N) is 5. The second-order valence-electron chi connectivity index (χ2n) is 9.67. The van der Waals surface area contributed by atoms with Gasteiger partial charge in [-0.05, 0) is 59.7 Å². The summed E-state index contributed by atoms with van der Waals surface area (Å²) in [6, 6.07) is 28.5. The number of aromatic amines is 1. The number of non-ortho nitro benzene ring substituents is 2.